The number of nitrogens with zero attached hydrogens (tertiary/aromatic N) is 1. The molecule has 1 aliphatic rings. The van der Waals surface area contributed by atoms with Crippen LogP contribution < -0.4 is 20.1 Å². The number of rotatable bonds is 8. The summed E-state index contributed by atoms with van der Waals surface area (Å²) in [5.41, 5.74) is 1.55. The largest absolute Gasteiger partial charge is 0.490 e. The summed E-state index contributed by atoms with van der Waals surface area (Å²) in [5.74, 6) is 0.876. The molecule has 1 aliphatic heterocycles. The van der Waals surface area contributed by atoms with Crippen LogP contribution in [0.4, 0.5) is 5.69 Å². The third-order valence-electron chi connectivity index (χ3n) is 5.35. The Morgan fingerprint density at radius 2 is 1.50 bits per heavy atom. The highest BCUT2D eigenvalue weighted by molar-refractivity contribution is 7.80. The third-order valence-corrected chi connectivity index (χ3v) is 5.56. The average molecular weight is 506 g/mol. The minimum atomic E-state index is -0.376. The van der Waals surface area contributed by atoms with Gasteiger partial charge in [-0.25, -0.2) is 0 Å². The van der Waals surface area contributed by atoms with E-state index in [1.807, 2.05) is 30.3 Å². The molecular formula is C27H27N3O5S. The van der Waals surface area contributed by atoms with Crippen LogP contribution in [0.15, 0.2) is 78.9 Å². The lowest BCUT2D eigenvalue weighted by molar-refractivity contribution is 0.0303. The molecule has 0 radical (unpaired) electrons. The van der Waals surface area contributed by atoms with Gasteiger partial charge in [-0.3, -0.25) is 14.9 Å². The van der Waals surface area contributed by atoms with Crippen LogP contribution in [-0.4, -0.2) is 61.3 Å². The number of anilines is 1. The van der Waals surface area contributed by atoms with Crippen molar-refractivity contribution < 1.29 is 23.8 Å². The zero-order valence-corrected chi connectivity index (χ0v) is 20.5. The van der Waals surface area contributed by atoms with E-state index in [1.165, 1.54) is 0 Å². The Labute approximate surface area is 215 Å². The van der Waals surface area contributed by atoms with Crippen molar-refractivity contribution in [3.63, 3.8) is 0 Å². The first-order valence-electron chi connectivity index (χ1n) is 11.6. The first kappa shape index (κ1) is 25.2. The number of benzene rings is 3. The van der Waals surface area contributed by atoms with E-state index in [2.05, 4.69) is 10.6 Å². The lowest BCUT2D eigenvalue weighted by atomic mass is 10.1. The number of carbonyl (C=O) groups excluding carboxylic acids is 2. The van der Waals surface area contributed by atoms with Crippen LogP contribution in [0.1, 0.15) is 20.7 Å². The highest BCUT2D eigenvalue weighted by atomic mass is 32.1. The van der Waals surface area contributed by atoms with Gasteiger partial charge in [0.2, 0.25) is 0 Å². The lowest BCUT2D eigenvalue weighted by Gasteiger charge is -2.27. The highest BCUT2D eigenvalue weighted by Gasteiger charge is 2.19. The Morgan fingerprint density at radius 3 is 2.28 bits per heavy atom. The standard InChI is InChI=1S/C27H27N3O5S/c31-25(20-6-5-11-24(19-20)35-17-16-34-23-9-2-1-3-10-23)29-27(36)28-22-8-4-7-21(18-22)26(32)30-12-14-33-15-13-30/h1-11,18-19H,12-17H2,(H2,28,29,31,36). The molecular weight excluding hydrogens is 478 g/mol. The van der Waals surface area contributed by atoms with Crippen molar-refractivity contribution in [1.29, 1.82) is 0 Å². The third kappa shape index (κ3) is 7.27. The molecule has 1 fully saturated rings. The zero-order valence-electron chi connectivity index (χ0n) is 19.6. The fourth-order valence-corrected chi connectivity index (χ4v) is 3.79. The fourth-order valence-electron chi connectivity index (χ4n) is 3.58. The smallest absolute Gasteiger partial charge is 0.257 e. The van der Waals surface area contributed by atoms with E-state index in [9.17, 15) is 9.59 Å². The molecule has 3 aromatic carbocycles. The van der Waals surface area contributed by atoms with Gasteiger partial charge in [-0.05, 0) is 60.7 Å². The maximum Gasteiger partial charge on any atom is 0.257 e. The van der Waals surface area contributed by atoms with E-state index >= 15 is 0 Å². The molecule has 0 spiro atoms. The Morgan fingerprint density at radius 1 is 0.833 bits per heavy atom. The van der Waals surface area contributed by atoms with Crippen molar-refractivity contribution in [2.75, 3.05) is 44.8 Å². The molecule has 1 heterocycles. The van der Waals surface area contributed by atoms with Crippen LogP contribution in [0.5, 0.6) is 11.5 Å². The lowest BCUT2D eigenvalue weighted by Crippen LogP contribution is -2.40. The monoisotopic (exact) mass is 505 g/mol. The minimum absolute atomic E-state index is 0.0668. The number of nitrogens with one attached hydrogen (secondary N) is 2. The number of hydrogen-bond donors (Lipinski definition) is 2. The SMILES string of the molecule is O=C(NC(=S)Nc1cccc(C(=O)N2CCOCC2)c1)c1cccc(OCCOc2ccccc2)c1. The molecule has 4 rings (SSSR count). The number of carbonyl (C=O) groups is 2. The Bertz CT molecular complexity index is 1200. The van der Waals surface area contributed by atoms with Crippen LogP contribution in [-0.2, 0) is 4.74 Å². The number of morpholine rings is 1. The van der Waals surface area contributed by atoms with Crippen molar-refractivity contribution in [2.45, 2.75) is 0 Å². The Balaban J connectivity index is 1.27. The van der Waals surface area contributed by atoms with Gasteiger partial charge in [0.1, 0.15) is 24.7 Å². The summed E-state index contributed by atoms with van der Waals surface area (Å²) in [7, 11) is 0. The van der Waals surface area contributed by atoms with Crippen molar-refractivity contribution in [2.24, 2.45) is 0 Å². The van der Waals surface area contributed by atoms with Crippen LogP contribution in [0.2, 0.25) is 0 Å². The topological polar surface area (TPSA) is 89.1 Å². The van der Waals surface area contributed by atoms with Crippen molar-refractivity contribution in [1.82, 2.24) is 10.2 Å². The van der Waals surface area contributed by atoms with Crippen LogP contribution >= 0.6 is 12.2 Å². The molecule has 3 aromatic rings. The molecule has 2 N–H and O–H groups in total. The quantitative estimate of drug-likeness (QED) is 0.356. The van der Waals surface area contributed by atoms with Crippen LogP contribution in [0, 0.1) is 0 Å². The summed E-state index contributed by atoms with van der Waals surface area (Å²) >= 11 is 5.31. The van der Waals surface area contributed by atoms with Crippen molar-refractivity contribution in [3.05, 3.63) is 90.0 Å². The van der Waals surface area contributed by atoms with E-state index in [0.29, 0.717) is 62.1 Å². The number of thiocarbonyl (C=S) groups is 1. The minimum Gasteiger partial charge on any atom is -0.490 e. The first-order valence-corrected chi connectivity index (χ1v) is 12.0. The Kier molecular flexibility index (Phi) is 8.85. The predicted molar refractivity (Wildman–Crippen MR) is 141 cm³/mol. The molecule has 186 valence electrons. The summed E-state index contributed by atoms with van der Waals surface area (Å²) in [6.45, 7) is 2.91. The van der Waals surface area contributed by atoms with Gasteiger partial charge < -0.3 is 24.4 Å². The first-order chi connectivity index (χ1) is 17.6. The number of ether oxygens (including phenoxy) is 3. The van der Waals surface area contributed by atoms with Crippen molar-refractivity contribution >= 4 is 34.8 Å². The number of para-hydroxylation sites is 1. The fraction of sp³-hybridized carbons (Fsp3) is 0.222. The second kappa shape index (κ2) is 12.7. The van der Waals surface area contributed by atoms with E-state index in [0.717, 1.165) is 5.75 Å². The zero-order chi connectivity index (χ0) is 25.2. The van der Waals surface area contributed by atoms with E-state index in [1.54, 1.807) is 53.4 Å². The summed E-state index contributed by atoms with van der Waals surface area (Å²) in [5, 5.41) is 5.75. The normalized spacial score (nSPS) is 12.9. The molecule has 0 unspecified atom stereocenters. The van der Waals surface area contributed by atoms with Crippen molar-refractivity contribution in [3.8, 4) is 11.5 Å². The molecule has 0 aliphatic carbocycles. The van der Waals surface area contributed by atoms with E-state index < -0.39 is 0 Å². The summed E-state index contributed by atoms with van der Waals surface area (Å²) in [6, 6.07) is 23.3. The second-order valence-corrected chi connectivity index (χ2v) is 8.34. The van der Waals surface area contributed by atoms with Gasteiger partial charge in [0.15, 0.2) is 5.11 Å². The van der Waals surface area contributed by atoms with Gasteiger partial charge in [-0.1, -0.05) is 30.3 Å². The highest BCUT2D eigenvalue weighted by Crippen LogP contribution is 2.16. The Hall–Kier alpha value is -3.95. The van der Waals surface area contributed by atoms with Gasteiger partial charge in [0.25, 0.3) is 11.8 Å². The number of hydrogen-bond acceptors (Lipinski definition) is 6. The van der Waals surface area contributed by atoms with Crippen LogP contribution in [0.25, 0.3) is 0 Å². The predicted octanol–water partition coefficient (Wildman–Crippen LogP) is 3.74. The molecule has 36 heavy (non-hydrogen) atoms. The van der Waals surface area contributed by atoms with Gasteiger partial charge in [0, 0.05) is 29.9 Å². The number of amides is 2. The summed E-state index contributed by atoms with van der Waals surface area (Å²) < 4.78 is 16.6. The molecule has 2 amide bonds. The second-order valence-electron chi connectivity index (χ2n) is 7.93. The summed E-state index contributed by atoms with van der Waals surface area (Å²) in [6.07, 6.45) is 0. The molecule has 9 heteroatoms. The maximum atomic E-state index is 12.7. The van der Waals surface area contributed by atoms with E-state index in [4.69, 9.17) is 26.4 Å². The van der Waals surface area contributed by atoms with Gasteiger partial charge >= 0.3 is 0 Å². The van der Waals surface area contributed by atoms with Crippen LogP contribution in [0.3, 0.4) is 0 Å². The summed E-state index contributed by atoms with van der Waals surface area (Å²) in [4.78, 5) is 27.2. The molecule has 0 atom stereocenters. The van der Waals surface area contributed by atoms with E-state index in [-0.39, 0.29) is 16.9 Å². The van der Waals surface area contributed by atoms with Gasteiger partial charge in [-0.15, -0.1) is 0 Å². The molecule has 0 saturated carbocycles. The maximum absolute atomic E-state index is 12.7. The average Bonchev–Trinajstić information content (AvgIpc) is 2.92. The van der Waals surface area contributed by atoms with Gasteiger partial charge in [-0.2, -0.15) is 0 Å². The van der Waals surface area contributed by atoms with Gasteiger partial charge in [0.05, 0.1) is 13.2 Å². The molecule has 0 aromatic heterocycles. The molecule has 1 saturated heterocycles. The molecule has 8 nitrogen and oxygen atoms in total. The molecule has 0 bridgehead atoms.